The highest BCUT2D eigenvalue weighted by atomic mass is 16.5. The van der Waals surface area contributed by atoms with Gasteiger partial charge in [-0.15, -0.1) is 0 Å². The predicted molar refractivity (Wildman–Crippen MR) is 70.6 cm³/mol. The second kappa shape index (κ2) is 8.87. The van der Waals surface area contributed by atoms with Crippen molar-refractivity contribution >= 4 is 11.9 Å². The van der Waals surface area contributed by atoms with Gasteiger partial charge < -0.3 is 15.2 Å². The Morgan fingerprint density at radius 1 is 1.47 bits per heavy atom. The van der Waals surface area contributed by atoms with Crippen LogP contribution >= 0.6 is 0 Å². The van der Waals surface area contributed by atoms with E-state index in [9.17, 15) is 9.59 Å². The average Bonchev–Trinajstić information content (AvgIpc) is 2.82. The number of hydrogen-bond donors (Lipinski definition) is 2. The Morgan fingerprint density at radius 2 is 2.26 bits per heavy atom. The highest BCUT2D eigenvalue weighted by Gasteiger charge is 2.25. The van der Waals surface area contributed by atoms with Gasteiger partial charge in [-0.3, -0.25) is 14.5 Å². The molecule has 0 spiro atoms. The SMILES string of the molecule is CCOC(=O)CCCNC(=O)CN1CCC[C@H]1CO. The van der Waals surface area contributed by atoms with Gasteiger partial charge in [0.25, 0.3) is 0 Å². The van der Waals surface area contributed by atoms with Crippen LogP contribution in [0.3, 0.4) is 0 Å². The smallest absolute Gasteiger partial charge is 0.305 e. The second-order valence-corrected chi connectivity index (χ2v) is 4.71. The zero-order valence-electron chi connectivity index (χ0n) is 11.6. The minimum Gasteiger partial charge on any atom is -0.466 e. The number of nitrogens with zero attached hydrogens (tertiary/aromatic N) is 1. The van der Waals surface area contributed by atoms with Gasteiger partial charge in [-0.2, -0.15) is 0 Å². The molecule has 1 fully saturated rings. The van der Waals surface area contributed by atoms with Crippen molar-refractivity contribution in [1.29, 1.82) is 0 Å². The van der Waals surface area contributed by atoms with Gasteiger partial charge in [0.15, 0.2) is 0 Å². The topological polar surface area (TPSA) is 78.9 Å². The van der Waals surface area contributed by atoms with E-state index >= 15 is 0 Å². The van der Waals surface area contributed by atoms with E-state index in [1.807, 2.05) is 4.90 Å². The summed E-state index contributed by atoms with van der Waals surface area (Å²) in [4.78, 5) is 24.8. The molecule has 0 saturated carbocycles. The van der Waals surface area contributed by atoms with Crippen molar-refractivity contribution in [2.24, 2.45) is 0 Å². The molecular formula is C13H24N2O4. The third-order valence-electron chi connectivity index (χ3n) is 3.24. The maximum Gasteiger partial charge on any atom is 0.305 e. The molecule has 0 aromatic heterocycles. The fourth-order valence-corrected chi connectivity index (χ4v) is 2.24. The summed E-state index contributed by atoms with van der Waals surface area (Å²) in [6.07, 6.45) is 2.90. The molecule has 1 saturated heterocycles. The van der Waals surface area contributed by atoms with Crippen molar-refractivity contribution in [3.63, 3.8) is 0 Å². The lowest BCUT2D eigenvalue weighted by Crippen LogP contribution is -2.41. The van der Waals surface area contributed by atoms with Crippen molar-refractivity contribution in [1.82, 2.24) is 10.2 Å². The number of carbonyl (C=O) groups is 2. The van der Waals surface area contributed by atoms with E-state index in [4.69, 9.17) is 9.84 Å². The first-order valence-electron chi connectivity index (χ1n) is 6.94. The number of hydrogen-bond acceptors (Lipinski definition) is 5. The van der Waals surface area contributed by atoms with Crippen molar-refractivity contribution in [3.05, 3.63) is 0 Å². The van der Waals surface area contributed by atoms with Crippen LogP contribution in [0.15, 0.2) is 0 Å². The third kappa shape index (κ3) is 6.02. The molecule has 0 radical (unpaired) electrons. The predicted octanol–water partition coefficient (Wildman–Crippen LogP) is -0.0974. The fourth-order valence-electron chi connectivity index (χ4n) is 2.24. The number of carbonyl (C=O) groups excluding carboxylic acids is 2. The lowest BCUT2D eigenvalue weighted by Gasteiger charge is -2.21. The lowest BCUT2D eigenvalue weighted by molar-refractivity contribution is -0.143. The van der Waals surface area contributed by atoms with Crippen LogP contribution in [0, 0.1) is 0 Å². The summed E-state index contributed by atoms with van der Waals surface area (Å²) in [5.41, 5.74) is 0. The maximum atomic E-state index is 11.7. The van der Waals surface area contributed by atoms with Gasteiger partial charge in [-0.05, 0) is 32.7 Å². The molecular weight excluding hydrogens is 248 g/mol. The minimum absolute atomic E-state index is 0.0517. The Bertz CT molecular complexity index is 296. The van der Waals surface area contributed by atoms with E-state index in [0.717, 1.165) is 19.4 Å². The first kappa shape index (κ1) is 15.9. The summed E-state index contributed by atoms with van der Waals surface area (Å²) in [6.45, 7) is 3.94. The first-order chi connectivity index (χ1) is 9.17. The molecule has 2 N–H and O–H groups in total. The molecule has 6 nitrogen and oxygen atoms in total. The molecule has 0 unspecified atom stereocenters. The number of aliphatic hydroxyl groups is 1. The van der Waals surface area contributed by atoms with Crippen LogP contribution < -0.4 is 5.32 Å². The molecule has 0 bridgehead atoms. The van der Waals surface area contributed by atoms with E-state index in [1.54, 1.807) is 6.92 Å². The normalized spacial score (nSPS) is 19.4. The van der Waals surface area contributed by atoms with Crippen molar-refractivity contribution in [2.75, 3.05) is 32.8 Å². The highest BCUT2D eigenvalue weighted by Crippen LogP contribution is 2.15. The van der Waals surface area contributed by atoms with E-state index in [0.29, 0.717) is 32.5 Å². The van der Waals surface area contributed by atoms with E-state index in [1.165, 1.54) is 0 Å². The average molecular weight is 272 g/mol. The van der Waals surface area contributed by atoms with Crippen LogP contribution in [-0.4, -0.2) is 60.8 Å². The first-order valence-corrected chi connectivity index (χ1v) is 6.94. The van der Waals surface area contributed by atoms with Crippen molar-refractivity contribution in [3.8, 4) is 0 Å². The van der Waals surface area contributed by atoms with Gasteiger partial charge >= 0.3 is 5.97 Å². The molecule has 1 amide bonds. The standard InChI is InChI=1S/C13H24N2O4/c1-2-19-13(18)6-3-7-14-12(17)9-15-8-4-5-11(15)10-16/h11,16H,2-10H2,1H3,(H,14,17)/t11-/m0/s1. The third-order valence-corrected chi connectivity index (χ3v) is 3.24. The molecule has 1 aliphatic heterocycles. The largest absolute Gasteiger partial charge is 0.466 e. The number of ether oxygens (including phenoxy) is 1. The fraction of sp³-hybridized carbons (Fsp3) is 0.846. The number of aliphatic hydroxyl groups excluding tert-OH is 1. The highest BCUT2D eigenvalue weighted by molar-refractivity contribution is 5.78. The van der Waals surface area contributed by atoms with Crippen LogP contribution in [0.4, 0.5) is 0 Å². The zero-order valence-corrected chi connectivity index (χ0v) is 11.6. The van der Waals surface area contributed by atoms with Crippen molar-refractivity contribution in [2.45, 2.75) is 38.6 Å². The molecule has 0 aromatic carbocycles. The number of likely N-dealkylation sites (tertiary alicyclic amines) is 1. The number of amides is 1. The van der Waals surface area contributed by atoms with Crippen LogP contribution in [0.2, 0.25) is 0 Å². The van der Waals surface area contributed by atoms with Gasteiger partial charge in [0.1, 0.15) is 0 Å². The molecule has 19 heavy (non-hydrogen) atoms. The number of esters is 1. The number of nitrogens with one attached hydrogen (secondary N) is 1. The van der Waals surface area contributed by atoms with Crippen LogP contribution in [0.5, 0.6) is 0 Å². The van der Waals surface area contributed by atoms with Gasteiger partial charge in [-0.25, -0.2) is 0 Å². The Kier molecular flexibility index (Phi) is 7.43. The summed E-state index contributed by atoms with van der Waals surface area (Å²) in [7, 11) is 0. The quantitative estimate of drug-likeness (QED) is 0.476. The summed E-state index contributed by atoms with van der Waals surface area (Å²) in [6, 6.07) is 0.116. The monoisotopic (exact) mass is 272 g/mol. The molecule has 0 aliphatic carbocycles. The lowest BCUT2D eigenvalue weighted by atomic mass is 10.2. The summed E-state index contributed by atoms with van der Waals surface area (Å²) >= 11 is 0. The summed E-state index contributed by atoms with van der Waals surface area (Å²) in [5, 5.41) is 11.9. The molecule has 6 heteroatoms. The van der Waals surface area contributed by atoms with Crippen molar-refractivity contribution < 1.29 is 19.4 Å². The Hall–Kier alpha value is -1.14. The van der Waals surface area contributed by atoms with Gasteiger partial charge in [0, 0.05) is 19.0 Å². The Morgan fingerprint density at radius 3 is 2.95 bits per heavy atom. The van der Waals surface area contributed by atoms with E-state index in [2.05, 4.69) is 5.32 Å². The molecule has 0 aromatic rings. The summed E-state index contributed by atoms with van der Waals surface area (Å²) < 4.78 is 4.80. The minimum atomic E-state index is -0.225. The molecule has 1 atom stereocenters. The number of rotatable bonds is 8. The zero-order chi connectivity index (χ0) is 14.1. The molecule has 1 heterocycles. The second-order valence-electron chi connectivity index (χ2n) is 4.71. The summed E-state index contributed by atoms with van der Waals surface area (Å²) in [5.74, 6) is -0.277. The van der Waals surface area contributed by atoms with Crippen LogP contribution in [0.1, 0.15) is 32.6 Å². The van der Waals surface area contributed by atoms with E-state index < -0.39 is 0 Å². The van der Waals surface area contributed by atoms with Crippen LogP contribution in [0.25, 0.3) is 0 Å². The van der Waals surface area contributed by atoms with E-state index in [-0.39, 0.29) is 24.5 Å². The molecule has 1 aliphatic rings. The van der Waals surface area contributed by atoms with Gasteiger partial charge in [0.2, 0.25) is 5.91 Å². The Labute approximate surface area is 114 Å². The van der Waals surface area contributed by atoms with Crippen LogP contribution in [-0.2, 0) is 14.3 Å². The molecule has 110 valence electrons. The molecule has 1 rings (SSSR count). The maximum absolute atomic E-state index is 11.7. The van der Waals surface area contributed by atoms with Gasteiger partial charge in [-0.1, -0.05) is 0 Å². The van der Waals surface area contributed by atoms with Gasteiger partial charge in [0.05, 0.1) is 19.8 Å². The Balaban J connectivity index is 2.09.